The van der Waals surface area contributed by atoms with Crippen LogP contribution in [0.2, 0.25) is 5.02 Å². The first-order valence-corrected chi connectivity index (χ1v) is 6.91. The monoisotopic (exact) mass is 268 g/mol. The lowest BCUT2D eigenvalue weighted by molar-refractivity contribution is 0.263. The van der Waals surface area contributed by atoms with E-state index in [2.05, 4.69) is 16.3 Å². The van der Waals surface area contributed by atoms with Crippen LogP contribution in [0.4, 0.5) is 5.69 Å². The molecular weight excluding hydrogens is 248 g/mol. The maximum absolute atomic E-state index is 9.01. The molecule has 0 saturated carbocycles. The Kier molecular flexibility index (Phi) is 4.87. The zero-order valence-corrected chi connectivity index (χ0v) is 11.6. The van der Waals surface area contributed by atoms with Gasteiger partial charge in [0.2, 0.25) is 0 Å². The standard InChI is InChI=1S/C14H21ClN2O/c1-16-9-12-8-13(15)2-3-14(12)17-6-4-11(10-17)5-7-18/h2-3,8,11,16,18H,4-7,9-10H2,1H3. The molecule has 1 aromatic carbocycles. The Morgan fingerprint density at radius 3 is 3.06 bits per heavy atom. The van der Waals surface area contributed by atoms with Crippen LogP contribution in [-0.2, 0) is 6.54 Å². The Labute approximate surface area is 114 Å². The van der Waals surface area contributed by atoms with Crippen molar-refractivity contribution in [2.24, 2.45) is 5.92 Å². The third kappa shape index (κ3) is 3.16. The van der Waals surface area contributed by atoms with Gasteiger partial charge in [-0.05, 0) is 49.6 Å². The number of hydrogen-bond acceptors (Lipinski definition) is 3. The van der Waals surface area contributed by atoms with E-state index in [9.17, 15) is 0 Å². The summed E-state index contributed by atoms with van der Waals surface area (Å²) in [7, 11) is 1.95. The highest BCUT2D eigenvalue weighted by Crippen LogP contribution is 2.30. The summed E-state index contributed by atoms with van der Waals surface area (Å²) in [4.78, 5) is 2.41. The van der Waals surface area contributed by atoms with E-state index in [0.29, 0.717) is 12.5 Å². The first kappa shape index (κ1) is 13.7. The lowest BCUT2D eigenvalue weighted by Gasteiger charge is -2.22. The first-order valence-electron chi connectivity index (χ1n) is 6.53. The molecule has 1 atom stereocenters. The average Bonchev–Trinajstić information content (AvgIpc) is 2.79. The van der Waals surface area contributed by atoms with Gasteiger partial charge in [0.05, 0.1) is 0 Å². The second-order valence-corrected chi connectivity index (χ2v) is 5.35. The van der Waals surface area contributed by atoms with Crippen LogP contribution in [0, 0.1) is 5.92 Å². The van der Waals surface area contributed by atoms with E-state index in [1.165, 1.54) is 17.7 Å². The molecule has 1 aromatic rings. The van der Waals surface area contributed by atoms with Gasteiger partial charge in [-0.2, -0.15) is 0 Å². The lowest BCUT2D eigenvalue weighted by atomic mass is 10.1. The van der Waals surface area contributed by atoms with E-state index < -0.39 is 0 Å². The Morgan fingerprint density at radius 2 is 2.33 bits per heavy atom. The Morgan fingerprint density at radius 1 is 1.50 bits per heavy atom. The van der Waals surface area contributed by atoms with Gasteiger partial charge < -0.3 is 15.3 Å². The van der Waals surface area contributed by atoms with Crippen LogP contribution in [0.5, 0.6) is 0 Å². The van der Waals surface area contributed by atoms with Crippen LogP contribution in [-0.4, -0.2) is 31.9 Å². The number of benzene rings is 1. The third-order valence-corrected chi connectivity index (χ3v) is 3.81. The second kappa shape index (κ2) is 6.41. The molecule has 0 aromatic heterocycles. The summed E-state index contributed by atoms with van der Waals surface area (Å²) < 4.78 is 0. The molecule has 2 N–H and O–H groups in total. The van der Waals surface area contributed by atoms with Gasteiger partial charge in [-0.15, -0.1) is 0 Å². The maximum Gasteiger partial charge on any atom is 0.0434 e. The van der Waals surface area contributed by atoms with Crippen molar-refractivity contribution in [1.29, 1.82) is 0 Å². The van der Waals surface area contributed by atoms with E-state index in [1.807, 2.05) is 19.2 Å². The Bertz CT molecular complexity index is 397. The number of halogens is 1. The molecule has 1 fully saturated rings. The zero-order valence-electron chi connectivity index (χ0n) is 10.8. The van der Waals surface area contributed by atoms with Crippen molar-refractivity contribution < 1.29 is 5.11 Å². The Balaban J connectivity index is 2.13. The molecule has 0 spiro atoms. The number of nitrogens with zero attached hydrogens (tertiary/aromatic N) is 1. The van der Waals surface area contributed by atoms with Crippen molar-refractivity contribution >= 4 is 17.3 Å². The highest BCUT2D eigenvalue weighted by atomic mass is 35.5. The number of aliphatic hydroxyl groups is 1. The van der Waals surface area contributed by atoms with Crippen molar-refractivity contribution in [3.05, 3.63) is 28.8 Å². The van der Waals surface area contributed by atoms with E-state index in [4.69, 9.17) is 16.7 Å². The van der Waals surface area contributed by atoms with Crippen molar-refractivity contribution in [2.45, 2.75) is 19.4 Å². The molecule has 1 aliphatic rings. The summed E-state index contributed by atoms with van der Waals surface area (Å²) in [5.74, 6) is 0.619. The SMILES string of the molecule is CNCc1cc(Cl)ccc1N1CCC(CCO)C1. The summed E-state index contributed by atoms with van der Waals surface area (Å²) in [6.45, 7) is 3.24. The normalized spacial score (nSPS) is 19.5. The van der Waals surface area contributed by atoms with Gasteiger partial charge in [-0.3, -0.25) is 0 Å². The van der Waals surface area contributed by atoms with Crippen molar-refractivity contribution in [3.63, 3.8) is 0 Å². The predicted octanol–water partition coefficient (Wildman–Crippen LogP) is 2.27. The molecule has 1 aliphatic heterocycles. The van der Waals surface area contributed by atoms with Crippen molar-refractivity contribution in [1.82, 2.24) is 5.32 Å². The second-order valence-electron chi connectivity index (χ2n) is 4.92. The third-order valence-electron chi connectivity index (χ3n) is 3.57. The molecule has 1 heterocycles. The highest BCUT2D eigenvalue weighted by molar-refractivity contribution is 6.30. The quantitative estimate of drug-likeness (QED) is 0.860. The minimum atomic E-state index is 0.294. The van der Waals surface area contributed by atoms with Crippen LogP contribution in [0.3, 0.4) is 0 Å². The molecule has 1 unspecified atom stereocenters. The van der Waals surface area contributed by atoms with Crippen LogP contribution in [0.1, 0.15) is 18.4 Å². The average molecular weight is 269 g/mol. The van der Waals surface area contributed by atoms with Gasteiger partial charge in [-0.25, -0.2) is 0 Å². The molecule has 3 nitrogen and oxygen atoms in total. The van der Waals surface area contributed by atoms with Crippen LogP contribution < -0.4 is 10.2 Å². The lowest BCUT2D eigenvalue weighted by Crippen LogP contribution is -2.22. The fourth-order valence-electron chi connectivity index (χ4n) is 2.66. The summed E-state index contributed by atoms with van der Waals surface area (Å²) in [6, 6.07) is 6.10. The summed E-state index contributed by atoms with van der Waals surface area (Å²) in [6.07, 6.45) is 2.08. The highest BCUT2D eigenvalue weighted by Gasteiger charge is 2.23. The van der Waals surface area contributed by atoms with Crippen LogP contribution in [0.25, 0.3) is 0 Å². The maximum atomic E-state index is 9.01. The molecule has 0 bridgehead atoms. The van der Waals surface area contributed by atoms with Gasteiger partial charge >= 0.3 is 0 Å². The minimum absolute atomic E-state index is 0.294. The van der Waals surface area contributed by atoms with E-state index >= 15 is 0 Å². The van der Waals surface area contributed by atoms with Gasteiger partial charge in [0.1, 0.15) is 0 Å². The topological polar surface area (TPSA) is 35.5 Å². The summed E-state index contributed by atoms with van der Waals surface area (Å²) in [5.41, 5.74) is 2.52. The van der Waals surface area contributed by atoms with Crippen LogP contribution in [0.15, 0.2) is 18.2 Å². The fourth-order valence-corrected chi connectivity index (χ4v) is 2.86. The van der Waals surface area contributed by atoms with Crippen molar-refractivity contribution in [2.75, 3.05) is 31.6 Å². The molecule has 1 saturated heterocycles. The molecule has 0 amide bonds. The molecule has 2 rings (SSSR count). The number of hydrogen-bond donors (Lipinski definition) is 2. The van der Waals surface area contributed by atoms with Gasteiger partial charge in [0, 0.05) is 37.0 Å². The largest absolute Gasteiger partial charge is 0.396 e. The predicted molar refractivity (Wildman–Crippen MR) is 76.2 cm³/mol. The molecular formula is C14H21ClN2O. The number of anilines is 1. The fraction of sp³-hybridized carbons (Fsp3) is 0.571. The number of rotatable bonds is 5. The molecule has 0 radical (unpaired) electrons. The molecule has 100 valence electrons. The molecule has 4 heteroatoms. The number of aliphatic hydroxyl groups excluding tert-OH is 1. The van der Waals surface area contributed by atoms with Gasteiger partial charge in [-0.1, -0.05) is 11.6 Å². The molecule has 18 heavy (non-hydrogen) atoms. The smallest absolute Gasteiger partial charge is 0.0434 e. The zero-order chi connectivity index (χ0) is 13.0. The van der Waals surface area contributed by atoms with E-state index in [0.717, 1.165) is 31.1 Å². The van der Waals surface area contributed by atoms with Gasteiger partial charge in [0.15, 0.2) is 0 Å². The van der Waals surface area contributed by atoms with Gasteiger partial charge in [0.25, 0.3) is 0 Å². The number of nitrogens with one attached hydrogen (secondary N) is 1. The summed E-state index contributed by atoms with van der Waals surface area (Å²) in [5, 5.41) is 13.0. The molecule has 0 aliphatic carbocycles. The minimum Gasteiger partial charge on any atom is -0.396 e. The summed E-state index contributed by atoms with van der Waals surface area (Å²) >= 11 is 6.06. The van der Waals surface area contributed by atoms with E-state index in [1.54, 1.807) is 0 Å². The van der Waals surface area contributed by atoms with E-state index in [-0.39, 0.29) is 0 Å². The Hall–Kier alpha value is -0.770. The van der Waals surface area contributed by atoms with Crippen LogP contribution >= 0.6 is 11.6 Å². The van der Waals surface area contributed by atoms with Crippen molar-refractivity contribution in [3.8, 4) is 0 Å². The first-order chi connectivity index (χ1) is 8.74.